The van der Waals surface area contributed by atoms with E-state index >= 15 is 0 Å². The highest BCUT2D eigenvalue weighted by Crippen LogP contribution is 2.19. The monoisotopic (exact) mass is 278 g/mol. The van der Waals surface area contributed by atoms with Crippen LogP contribution in [-0.4, -0.2) is 24.1 Å². The van der Waals surface area contributed by atoms with E-state index in [9.17, 15) is 9.59 Å². The van der Waals surface area contributed by atoms with Crippen molar-refractivity contribution in [2.24, 2.45) is 0 Å². The molecule has 1 aromatic carbocycles. The molecule has 4 nitrogen and oxygen atoms in total. The minimum atomic E-state index is -0.481. The van der Waals surface area contributed by atoms with Gasteiger partial charge in [-0.3, -0.25) is 0 Å². The van der Waals surface area contributed by atoms with Gasteiger partial charge in [-0.25, -0.2) is 9.59 Å². The Bertz CT molecular complexity index is 460. The van der Waals surface area contributed by atoms with Crippen LogP contribution in [0.3, 0.4) is 0 Å². The highest BCUT2D eigenvalue weighted by Gasteiger charge is 2.22. The van der Waals surface area contributed by atoms with Crippen molar-refractivity contribution in [2.45, 2.75) is 46.1 Å². The molecule has 0 unspecified atom stereocenters. The largest absolute Gasteiger partial charge is 0.462 e. The maximum atomic E-state index is 12.0. The zero-order valence-corrected chi connectivity index (χ0v) is 12.6. The highest BCUT2D eigenvalue weighted by atomic mass is 16.6. The van der Waals surface area contributed by atoms with Crippen molar-refractivity contribution in [3.8, 4) is 0 Å². The number of esters is 2. The average molecular weight is 278 g/mol. The minimum absolute atomic E-state index is 0.327. The second-order valence-corrected chi connectivity index (χ2v) is 5.20. The molecule has 4 heteroatoms. The first kappa shape index (κ1) is 16.2. The number of hydrogen-bond acceptors (Lipinski definition) is 4. The molecule has 20 heavy (non-hydrogen) atoms. The van der Waals surface area contributed by atoms with Crippen molar-refractivity contribution >= 4 is 11.9 Å². The topological polar surface area (TPSA) is 52.6 Å². The Morgan fingerprint density at radius 1 is 1.00 bits per heavy atom. The molecule has 0 fully saturated rings. The number of ether oxygens (including phenoxy) is 2. The lowest BCUT2D eigenvalue weighted by Gasteiger charge is -2.24. The molecule has 0 amide bonds. The molecular weight excluding hydrogens is 256 g/mol. The van der Waals surface area contributed by atoms with Gasteiger partial charge in [0, 0.05) is 0 Å². The quantitative estimate of drug-likeness (QED) is 0.746. The highest BCUT2D eigenvalue weighted by molar-refractivity contribution is 5.93. The summed E-state index contributed by atoms with van der Waals surface area (Å²) < 4.78 is 10.3. The zero-order valence-electron chi connectivity index (χ0n) is 12.6. The summed E-state index contributed by atoms with van der Waals surface area (Å²) in [6.45, 7) is 7.90. The predicted octanol–water partition coefficient (Wildman–Crippen LogP) is 3.60. The number of carbonyl (C=O) groups is 2. The van der Waals surface area contributed by atoms with E-state index < -0.39 is 11.6 Å². The SMILES string of the molecule is CCCC(C)(C)OC(=O)c1ccc(C(=O)OCC)cc1. The van der Waals surface area contributed by atoms with Gasteiger partial charge in [0.15, 0.2) is 0 Å². The lowest BCUT2D eigenvalue weighted by atomic mass is 10.0. The molecule has 0 aliphatic rings. The Labute approximate surface area is 120 Å². The molecule has 0 spiro atoms. The minimum Gasteiger partial charge on any atom is -0.462 e. The summed E-state index contributed by atoms with van der Waals surface area (Å²) in [6.07, 6.45) is 1.75. The summed E-state index contributed by atoms with van der Waals surface area (Å²) >= 11 is 0. The first-order valence-electron chi connectivity index (χ1n) is 6.90. The van der Waals surface area contributed by atoms with E-state index in [1.807, 2.05) is 20.8 Å². The molecule has 110 valence electrons. The summed E-state index contributed by atoms with van der Waals surface area (Å²) in [6, 6.07) is 6.30. The Morgan fingerprint density at radius 3 is 1.95 bits per heavy atom. The van der Waals surface area contributed by atoms with Crippen LogP contribution in [0.2, 0.25) is 0 Å². The standard InChI is InChI=1S/C16H22O4/c1-5-11-16(3,4)20-15(18)13-9-7-12(8-10-13)14(17)19-6-2/h7-10H,5-6,11H2,1-4H3. The van der Waals surface area contributed by atoms with Crippen molar-refractivity contribution in [3.63, 3.8) is 0 Å². The Kier molecular flexibility index (Phi) is 5.74. The van der Waals surface area contributed by atoms with Gasteiger partial charge in [0.2, 0.25) is 0 Å². The van der Waals surface area contributed by atoms with Gasteiger partial charge in [-0.05, 0) is 51.5 Å². The molecule has 0 aliphatic carbocycles. The van der Waals surface area contributed by atoms with Crippen molar-refractivity contribution in [3.05, 3.63) is 35.4 Å². The number of hydrogen-bond donors (Lipinski definition) is 0. The van der Waals surface area contributed by atoms with E-state index in [2.05, 4.69) is 0 Å². The van der Waals surface area contributed by atoms with E-state index in [-0.39, 0.29) is 5.97 Å². The summed E-state index contributed by atoms with van der Waals surface area (Å²) in [5.41, 5.74) is 0.379. The van der Waals surface area contributed by atoms with Gasteiger partial charge in [-0.1, -0.05) is 13.3 Å². The molecule has 0 atom stereocenters. The van der Waals surface area contributed by atoms with Crippen LogP contribution in [0.4, 0.5) is 0 Å². The molecule has 1 aromatic rings. The van der Waals surface area contributed by atoms with Crippen molar-refractivity contribution in [1.82, 2.24) is 0 Å². The Hall–Kier alpha value is -1.84. The first-order valence-corrected chi connectivity index (χ1v) is 6.90. The van der Waals surface area contributed by atoms with Crippen LogP contribution in [0.25, 0.3) is 0 Å². The van der Waals surface area contributed by atoms with Crippen molar-refractivity contribution < 1.29 is 19.1 Å². The summed E-state index contributed by atoms with van der Waals surface area (Å²) in [4.78, 5) is 23.5. The maximum Gasteiger partial charge on any atom is 0.338 e. The summed E-state index contributed by atoms with van der Waals surface area (Å²) in [7, 11) is 0. The van der Waals surface area contributed by atoms with Gasteiger partial charge in [-0.15, -0.1) is 0 Å². The molecular formula is C16H22O4. The third-order valence-electron chi connectivity index (χ3n) is 2.85. The molecule has 1 rings (SSSR count). The predicted molar refractivity (Wildman–Crippen MR) is 76.8 cm³/mol. The molecule has 0 N–H and O–H groups in total. The molecule has 0 radical (unpaired) electrons. The smallest absolute Gasteiger partial charge is 0.338 e. The molecule has 0 heterocycles. The van der Waals surface area contributed by atoms with Gasteiger partial charge in [0.05, 0.1) is 17.7 Å². The van der Waals surface area contributed by atoms with Crippen LogP contribution in [0.15, 0.2) is 24.3 Å². The summed E-state index contributed by atoms with van der Waals surface area (Å²) in [5.74, 6) is -0.766. The van der Waals surface area contributed by atoms with Crippen molar-refractivity contribution in [2.75, 3.05) is 6.61 Å². The van der Waals surface area contributed by atoms with E-state index in [0.717, 1.165) is 12.8 Å². The Balaban J connectivity index is 2.73. The van der Waals surface area contributed by atoms with Crippen LogP contribution in [-0.2, 0) is 9.47 Å². The molecule has 0 saturated heterocycles. The lowest BCUT2D eigenvalue weighted by Crippen LogP contribution is -2.27. The van der Waals surface area contributed by atoms with Gasteiger partial charge in [0.25, 0.3) is 0 Å². The van der Waals surface area contributed by atoms with E-state index in [0.29, 0.717) is 17.7 Å². The van der Waals surface area contributed by atoms with Crippen LogP contribution in [0.5, 0.6) is 0 Å². The van der Waals surface area contributed by atoms with Gasteiger partial charge >= 0.3 is 11.9 Å². The normalized spacial score (nSPS) is 11.0. The fourth-order valence-electron chi connectivity index (χ4n) is 1.92. The number of benzene rings is 1. The fraction of sp³-hybridized carbons (Fsp3) is 0.500. The molecule has 0 aliphatic heterocycles. The van der Waals surface area contributed by atoms with E-state index in [1.165, 1.54) is 0 Å². The van der Waals surface area contributed by atoms with Gasteiger partial charge < -0.3 is 9.47 Å². The van der Waals surface area contributed by atoms with Crippen LogP contribution in [0, 0.1) is 0 Å². The lowest BCUT2D eigenvalue weighted by molar-refractivity contribution is -0.00476. The zero-order chi connectivity index (χ0) is 15.2. The summed E-state index contributed by atoms with van der Waals surface area (Å²) in [5, 5.41) is 0. The second kappa shape index (κ2) is 7.08. The van der Waals surface area contributed by atoms with Crippen LogP contribution >= 0.6 is 0 Å². The van der Waals surface area contributed by atoms with Crippen LogP contribution < -0.4 is 0 Å². The fourth-order valence-corrected chi connectivity index (χ4v) is 1.92. The third kappa shape index (κ3) is 4.68. The third-order valence-corrected chi connectivity index (χ3v) is 2.85. The Morgan fingerprint density at radius 2 is 1.50 bits per heavy atom. The van der Waals surface area contributed by atoms with Gasteiger partial charge in [0.1, 0.15) is 5.60 Å². The van der Waals surface area contributed by atoms with E-state index in [4.69, 9.17) is 9.47 Å². The number of rotatable bonds is 6. The second-order valence-electron chi connectivity index (χ2n) is 5.20. The number of carbonyl (C=O) groups excluding carboxylic acids is 2. The maximum absolute atomic E-state index is 12.0. The first-order chi connectivity index (χ1) is 9.39. The molecule has 0 saturated carbocycles. The van der Waals surface area contributed by atoms with Gasteiger partial charge in [-0.2, -0.15) is 0 Å². The van der Waals surface area contributed by atoms with E-state index in [1.54, 1.807) is 31.2 Å². The average Bonchev–Trinajstić information content (AvgIpc) is 2.38. The molecule has 0 aromatic heterocycles. The van der Waals surface area contributed by atoms with Crippen LogP contribution in [0.1, 0.15) is 61.3 Å². The molecule has 0 bridgehead atoms. The van der Waals surface area contributed by atoms with Crippen molar-refractivity contribution in [1.29, 1.82) is 0 Å².